The first-order valence-corrected chi connectivity index (χ1v) is 7.83. The van der Waals surface area contributed by atoms with E-state index in [4.69, 9.17) is 9.47 Å². The highest BCUT2D eigenvalue weighted by molar-refractivity contribution is 5.95. The summed E-state index contributed by atoms with van der Waals surface area (Å²) in [7, 11) is 0. The molecule has 1 amide bonds. The quantitative estimate of drug-likeness (QED) is 0.848. The van der Waals surface area contributed by atoms with Crippen molar-refractivity contribution in [2.24, 2.45) is 0 Å². The molecular weight excluding hydrogens is 326 g/mol. The molecule has 9 nitrogen and oxygen atoms in total. The van der Waals surface area contributed by atoms with Gasteiger partial charge in [0.1, 0.15) is 29.9 Å². The summed E-state index contributed by atoms with van der Waals surface area (Å²) in [6.07, 6.45) is 2.22. The highest BCUT2D eigenvalue weighted by Crippen LogP contribution is 2.19. The molecule has 0 fully saturated rings. The molecule has 0 bridgehead atoms. The second-order valence-corrected chi connectivity index (χ2v) is 7.50. The van der Waals surface area contributed by atoms with Crippen molar-refractivity contribution in [3.63, 3.8) is 0 Å². The van der Waals surface area contributed by atoms with Crippen molar-refractivity contribution in [3.05, 3.63) is 12.5 Å². The van der Waals surface area contributed by atoms with Crippen LogP contribution in [-0.4, -0.2) is 43.0 Å². The van der Waals surface area contributed by atoms with Crippen molar-refractivity contribution in [1.29, 1.82) is 0 Å². The monoisotopic (exact) mass is 349 g/mol. The lowest BCUT2D eigenvalue weighted by Crippen LogP contribution is -2.27. The van der Waals surface area contributed by atoms with Gasteiger partial charge in [-0.15, -0.1) is 0 Å². The zero-order valence-corrected chi connectivity index (χ0v) is 15.3. The lowest BCUT2D eigenvalue weighted by atomic mass is 10.2. The van der Waals surface area contributed by atoms with E-state index in [-0.39, 0.29) is 12.4 Å². The smallest absolute Gasteiger partial charge is 0.413 e. The number of carbonyl (C=O) groups is 2. The summed E-state index contributed by atoms with van der Waals surface area (Å²) in [4.78, 5) is 31.9. The van der Waals surface area contributed by atoms with E-state index in [0.717, 1.165) is 0 Å². The highest BCUT2D eigenvalue weighted by Gasteiger charge is 2.20. The molecule has 25 heavy (non-hydrogen) atoms. The van der Waals surface area contributed by atoms with Crippen molar-refractivity contribution in [2.45, 2.75) is 59.3 Å². The molecular formula is C16H23N5O4. The molecule has 0 saturated heterocycles. The van der Waals surface area contributed by atoms with E-state index in [0.29, 0.717) is 11.0 Å². The van der Waals surface area contributed by atoms with Gasteiger partial charge in [-0.25, -0.2) is 14.8 Å². The number of amides is 1. The van der Waals surface area contributed by atoms with Crippen LogP contribution >= 0.6 is 0 Å². The van der Waals surface area contributed by atoms with Crippen LogP contribution in [0.1, 0.15) is 41.5 Å². The van der Waals surface area contributed by atoms with E-state index >= 15 is 0 Å². The Morgan fingerprint density at radius 2 is 1.72 bits per heavy atom. The third-order valence-corrected chi connectivity index (χ3v) is 2.69. The van der Waals surface area contributed by atoms with Crippen LogP contribution in [0.4, 0.5) is 10.6 Å². The second kappa shape index (κ2) is 6.66. The predicted molar refractivity (Wildman–Crippen MR) is 91.0 cm³/mol. The van der Waals surface area contributed by atoms with Crippen LogP contribution in [0.25, 0.3) is 11.0 Å². The maximum atomic E-state index is 11.9. The molecule has 0 spiro atoms. The van der Waals surface area contributed by atoms with Crippen LogP contribution < -0.4 is 5.32 Å². The van der Waals surface area contributed by atoms with Gasteiger partial charge in [-0.1, -0.05) is 0 Å². The number of nitrogens with zero attached hydrogens (tertiary/aromatic N) is 4. The molecule has 2 aromatic rings. The fourth-order valence-corrected chi connectivity index (χ4v) is 1.97. The standard InChI is InChI=1S/C16H23N5O4/c1-15(2,3)24-11(22)8-21-7-10-12(17-9-18-13(10)20-21)19-14(23)25-16(4,5)6/h7,9H,8H2,1-6H3,(H,17,18,19,20,23). The first-order chi connectivity index (χ1) is 11.4. The third-order valence-electron chi connectivity index (χ3n) is 2.69. The summed E-state index contributed by atoms with van der Waals surface area (Å²) in [6, 6.07) is 0. The first kappa shape index (κ1) is 18.6. The molecule has 0 radical (unpaired) electrons. The van der Waals surface area contributed by atoms with Crippen molar-refractivity contribution in [3.8, 4) is 0 Å². The Hall–Kier alpha value is -2.71. The van der Waals surface area contributed by atoms with Crippen molar-refractivity contribution in [1.82, 2.24) is 19.7 Å². The lowest BCUT2D eigenvalue weighted by molar-refractivity contribution is -0.155. The molecule has 0 saturated carbocycles. The molecule has 2 heterocycles. The van der Waals surface area contributed by atoms with Crippen molar-refractivity contribution < 1.29 is 19.1 Å². The van der Waals surface area contributed by atoms with Crippen LogP contribution in [0.2, 0.25) is 0 Å². The van der Waals surface area contributed by atoms with E-state index in [1.165, 1.54) is 11.0 Å². The molecule has 0 atom stereocenters. The average molecular weight is 349 g/mol. The van der Waals surface area contributed by atoms with E-state index in [2.05, 4.69) is 20.4 Å². The van der Waals surface area contributed by atoms with Crippen molar-refractivity contribution >= 4 is 28.9 Å². The van der Waals surface area contributed by atoms with Gasteiger partial charge in [0.05, 0.1) is 5.39 Å². The van der Waals surface area contributed by atoms with Gasteiger partial charge in [0.25, 0.3) is 0 Å². The molecule has 0 aromatic carbocycles. The zero-order chi connectivity index (χ0) is 18.8. The minimum absolute atomic E-state index is 0.0699. The summed E-state index contributed by atoms with van der Waals surface area (Å²) in [5.74, 6) is -0.162. The number of aromatic nitrogens is 4. The summed E-state index contributed by atoms with van der Waals surface area (Å²) < 4.78 is 11.9. The van der Waals surface area contributed by atoms with Gasteiger partial charge in [-0.05, 0) is 41.5 Å². The summed E-state index contributed by atoms with van der Waals surface area (Å²) >= 11 is 0. The van der Waals surface area contributed by atoms with Crippen LogP contribution in [-0.2, 0) is 20.8 Å². The molecule has 0 aliphatic heterocycles. The Bertz CT molecular complexity index is 786. The lowest BCUT2D eigenvalue weighted by Gasteiger charge is -2.19. The zero-order valence-electron chi connectivity index (χ0n) is 15.3. The number of hydrogen-bond acceptors (Lipinski definition) is 7. The SMILES string of the molecule is CC(C)(C)OC(=O)Cn1cc2c(NC(=O)OC(C)(C)C)ncnc2n1. The fourth-order valence-electron chi connectivity index (χ4n) is 1.97. The molecule has 0 aliphatic carbocycles. The Morgan fingerprint density at radius 1 is 1.08 bits per heavy atom. The van der Waals surface area contributed by atoms with Crippen LogP contribution in [0, 0.1) is 0 Å². The second-order valence-electron chi connectivity index (χ2n) is 7.50. The molecule has 2 rings (SSSR count). The Balaban J connectivity index is 2.17. The number of anilines is 1. The van der Waals surface area contributed by atoms with Gasteiger partial charge in [0.2, 0.25) is 0 Å². The maximum absolute atomic E-state index is 11.9. The summed E-state index contributed by atoms with van der Waals surface area (Å²) in [5.41, 5.74) is -0.853. The Labute approximate surface area is 145 Å². The number of carbonyl (C=O) groups excluding carboxylic acids is 2. The Kier molecular flexibility index (Phi) is 4.96. The largest absolute Gasteiger partial charge is 0.459 e. The number of rotatable bonds is 3. The van der Waals surface area contributed by atoms with Crippen LogP contribution in [0.15, 0.2) is 12.5 Å². The van der Waals surface area contributed by atoms with E-state index in [1.807, 2.05) is 0 Å². The van der Waals surface area contributed by atoms with Crippen LogP contribution in [0.3, 0.4) is 0 Å². The molecule has 9 heteroatoms. The molecule has 1 N–H and O–H groups in total. The molecule has 0 unspecified atom stereocenters. The van der Waals surface area contributed by atoms with Gasteiger partial charge >= 0.3 is 12.1 Å². The van der Waals surface area contributed by atoms with Crippen molar-refractivity contribution in [2.75, 3.05) is 5.32 Å². The highest BCUT2D eigenvalue weighted by atomic mass is 16.6. The number of hydrogen-bond donors (Lipinski definition) is 1. The summed E-state index contributed by atoms with van der Waals surface area (Å²) in [6.45, 7) is 10.6. The topological polar surface area (TPSA) is 108 Å². The third kappa shape index (κ3) is 5.70. The van der Waals surface area contributed by atoms with E-state index < -0.39 is 23.3 Å². The minimum atomic E-state index is -0.632. The van der Waals surface area contributed by atoms with Gasteiger partial charge < -0.3 is 9.47 Å². The Morgan fingerprint density at radius 3 is 2.32 bits per heavy atom. The number of fused-ring (bicyclic) bond motifs is 1. The maximum Gasteiger partial charge on any atom is 0.413 e. The van der Waals surface area contributed by atoms with E-state index in [9.17, 15) is 9.59 Å². The summed E-state index contributed by atoms with van der Waals surface area (Å²) in [5, 5.41) is 7.26. The number of nitrogens with one attached hydrogen (secondary N) is 1. The van der Waals surface area contributed by atoms with Gasteiger partial charge in [0.15, 0.2) is 5.65 Å². The van der Waals surface area contributed by atoms with Gasteiger partial charge in [-0.2, -0.15) is 5.10 Å². The molecule has 136 valence electrons. The average Bonchev–Trinajstić information content (AvgIpc) is 2.77. The van der Waals surface area contributed by atoms with Gasteiger partial charge in [-0.3, -0.25) is 14.8 Å². The fraction of sp³-hybridized carbons (Fsp3) is 0.562. The normalized spacial score (nSPS) is 12.1. The van der Waals surface area contributed by atoms with Crippen LogP contribution in [0.5, 0.6) is 0 Å². The first-order valence-electron chi connectivity index (χ1n) is 7.83. The number of esters is 1. The molecule has 0 aliphatic rings. The predicted octanol–water partition coefficient (Wildman–Crippen LogP) is 2.52. The molecule has 2 aromatic heterocycles. The number of ether oxygens (including phenoxy) is 2. The van der Waals surface area contributed by atoms with Gasteiger partial charge in [0, 0.05) is 6.20 Å². The van der Waals surface area contributed by atoms with E-state index in [1.54, 1.807) is 47.7 Å². The minimum Gasteiger partial charge on any atom is -0.459 e.